The Kier molecular flexibility index (Phi) is 5.58. The van der Waals surface area contributed by atoms with Crippen molar-refractivity contribution in [3.63, 3.8) is 0 Å². The molecule has 2 aromatic carbocycles. The van der Waals surface area contributed by atoms with Crippen molar-refractivity contribution in [2.45, 2.75) is 13.0 Å². The number of nitrogens with one attached hydrogen (secondary N) is 1. The summed E-state index contributed by atoms with van der Waals surface area (Å²) in [5, 5.41) is 2.46. The summed E-state index contributed by atoms with van der Waals surface area (Å²) in [6.45, 7) is 3.74. The number of hydrogen-bond donors (Lipinski definition) is 1. The summed E-state index contributed by atoms with van der Waals surface area (Å²) in [5.74, 6) is -2.73. The highest BCUT2D eigenvalue weighted by atomic mass is 19.1. The Bertz CT molecular complexity index is 898. The van der Waals surface area contributed by atoms with Gasteiger partial charge in [0.15, 0.2) is 0 Å². The molecule has 5 nitrogen and oxygen atoms in total. The van der Waals surface area contributed by atoms with Crippen molar-refractivity contribution in [1.29, 1.82) is 0 Å². The number of anilines is 1. The summed E-state index contributed by atoms with van der Waals surface area (Å²) >= 11 is 0. The molecular formula is C22H23F2N3O2. The molecule has 2 fully saturated rings. The average Bonchev–Trinajstić information content (AvgIpc) is 3.52. The number of carbonyl (C=O) groups is 2. The second-order valence-electron chi connectivity index (χ2n) is 7.65. The molecule has 2 amide bonds. The first-order chi connectivity index (χ1) is 14.0. The fourth-order valence-corrected chi connectivity index (χ4v) is 3.78. The van der Waals surface area contributed by atoms with Gasteiger partial charge < -0.3 is 10.2 Å². The van der Waals surface area contributed by atoms with Crippen LogP contribution in [-0.2, 0) is 16.1 Å². The van der Waals surface area contributed by atoms with E-state index >= 15 is 0 Å². The highest BCUT2D eigenvalue weighted by molar-refractivity contribution is 5.99. The first kappa shape index (κ1) is 19.5. The Morgan fingerprint density at radius 3 is 2.38 bits per heavy atom. The van der Waals surface area contributed by atoms with Crippen LogP contribution >= 0.6 is 0 Å². The number of carbonyl (C=O) groups excluding carboxylic acids is 2. The predicted octanol–water partition coefficient (Wildman–Crippen LogP) is 2.88. The van der Waals surface area contributed by atoms with Gasteiger partial charge in [-0.3, -0.25) is 14.5 Å². The monoisotopic (exact) mass is 399 g/mol. The third-order valence-corrected chi connectivity index (χ3v) is 5.57. The van der Waals surface area contributed by atoms with Gasteiger partial charge in [0.05, 0.1) is 17.5 Å². The summed E-state index contributed by atoms with van der Waals surface area (Å²) in [4.78, 5) is 29.2. The van der Waals surface area contributed by atoms with E-state index in [-0.39, 0.29) is 17.5 Å². The molecule has 1 heterocycles. The molecule has 2 atom stereocenters. The van der Waals surface area contributed by atoms with Crippen molar-refractivity contribution in [1.82, 2.24) is 9.80 Å². The molecule has 2 unspecified atom stereocenters. The smallest absolute Gasteiger partial charge is 0.228 e. The number of nitrogens with zero attached hydrogens (tertiary/aromatic N) is 2. The molecule has 0 spiro atoms. The summed E-state index contributed by atoms with van der Waals surface area (Å²) in [6, 6.07) is 13.2. The maximum absolute atomic E-state index is 13.7. The van der Waals surface area contributed by atoms with E-state index < -0.39 is 23.5 Å². The molecule has 0 aromatic heterocycles. The second-order valence-corrected chi connectivity index (χ2v) is 7.65. The van der Waals surface area contributed by atoms with E-state index in [0.29, 0.717) is 19.5 Å². The van der Waals surface area contributed by atoms with E-state index in [0.717, 1.165) is 31.8 Å². The molecule has 0 bridgehead atoms. The van der Waals surface area contributed by atoms with Gasteiger partial charge >= 0.3 is 0 Å². The minimum absolute atomic E-state index is 0.0101. The molecule has 1 saturated heterocycles. The van der Waals surface area contributed by atoms with E-state index in [2.05, 4.69) is 22.3 Å². The van der Waals surface area contributed by atoms with Crippen LogP contribution in [0.1, 0.15) is 12.0 Å². The van der Waals surface area contributed by atoms with Crippen LogP contribution in [0, 0.1) is 23.5 Å². The molecule has 1 aliphatic carbocycles. The van der Waals surface area contributed by atoms with E-state index in [4.69, 9.17) is 0 Å². The van der Waals surface area contributed by atoms with Crippen LogP contribution in [0.5, 0.6) is 0 Å². The first-order valence-electron chi connectivity index (χ1n) is 9.82. The van der Waals surface area contributed by atoms with Gasteiger partial charge in [-0.1, -0.05) is 30.3 Å². The van der Waals surface area contributed by atoms with Gasteiger partial charge in [0.1, 0.15) is 11.6 Å². The Labute approximate surface area is 168 Å². The zero-order valence-corrected chi connectivity index (χ0v) is 16.0. The largest absolute Gasteiger partial charge is 0.340 e. The van der Waals surface area contributed by atoms with Gasteiger partial charge in [-0.05, 0) is 24.1 Å². The lowest BCUT2D eigenvalue weighted by molar-refractivity contribution is -0.135. The van der Waals surface area contributed by atoms with Crippen LogP contribution in [0.2, 0.25) is 0 Å². The zero-order valence-electron chi connectivity index (χ0n) is 16.0. The summed E-state index contributed by atoms with van der Waals surface area (Å²) < 4.78 is 26.7. The second kappa shape index (κ2) is 8.29. The predicted molar refractivity (Wildman–Crippen MR) is 105 cm³/mol. The minimum Gasteiger partial charge on any atom is -0.340 e. The number of piperazine rings is 1. The van der Waals surface area contributed by atoms with Gasteiger partial charge in [-0.15, -0.1) is 0 Å². The van der Waals surface area contributed by atoms with Crippen LogP contribution in [0.25, 0.3) is 0 Å². The van der Waals surface area contributed by atoms with Gasteiger partial charge in [0.25, 0.3) is 0 Å². The number of hydrogen-bond acceptors (Lipinski definition) is 3. The molecule has 2 aliphatic rings. The van der Waals surface area contributed by atoms with E-state index in [9.17, 15) is 18.4 Å². The van der Waals surface area contributed by atoms with Gasteiger partial charge in [0.2, 0.25) is 11.8 Å². The maximum Gasteiger partial charge on any atom is 0.228 e. The molecule has 152 valence electrons. The molecule has 29 heavy (non-hydrogen) atoms. The van der Waals surface area contributed by atoms with Gasteiger partial charge in [-0.2, -0.15) is 0 Å². The van der Waals surface area contributed by atoms with Crippen LogP contribution in [0.3, 0.4) is 0 Å². The molecule has 1 aliphatic heterocycles. The topological polar surface area (TPSA) is 52.7 Å². The Morgan fingerprint density at radius 2 is 1.69 bits per heavy atom. The Hall–Kier alpha value is -2.80. The highest BCUT2D eigenvalue weighted by Gasteiger charge is 2.49. The van der Waals surface area contributed by atoms with Crippen molar-refractivity contribution < 1.29 is 18.4 Å². The van der Waals surface area contributed by atoms with Crippen molar-refractivity contribution in [3.05, 3.63) is 65.7 Å². The standard InChI is InChI=1S/C22H23F2N3O2/c23-16-6-7-20(19(24)12-16)25-21(28)17-13-18(17)22(29)27-10-8-26(9-11-27)14-15-4-2-1-3-5-15/h1-7,12,17-18H,8-11,13-14H2,(H,25,28). The molecule has 4 rings (SSSR count). The number of halogens is 2. The number of rotatable bonds is 5. The number of benzene rings is 2. The number of amides is 2. The highest BCUT2D eigenvalue weighted by Crippen LogP contribution is 2.41. The Balaban J connectivity index is 1.25. The Morgan fingerprint density at radius 1 is 0.966 bits per heavy atom. The minimum atomic E-state index is -0.823. The lowest BCUT2D eigenvalue weighted by Gasteiger charge is -2.35. The summed E-state index contributed by atoms with van der Waals surface area (Å²) in [6.07, 6.45) is 0.470. The third-order valence-electron chi connectivity index (χ3n) is 5.57. The van der Waals surface area contributed by atoms with Crippen LogP contribution in [-0.4, -0.2) is 47.8 Å². The van der Waals surface area contributed by atoms with E-state index in [1.165, 1.54) is 11.6 Å². The van der Waals surface area contributed by atoms with Crippen LogP contribution in [0.15, 0.2) is 48.5 Å². The fourth-order valence-electron chi connectivity index (χ4n) is 3.78. The SMILES string of the molecule is O=C(Nc1ccc(F)cc1F)C1CC1C(=O)N1CCN(Cc2ccccc2)CC1. The zero-order chi connectivity index (χ0) is 20.4. The lowest BCUT2D eigenvalue weighted by Crippen LogP contribution is -2.49. The van der Waals surface area contributed by atoms with Gasteiger partial charge in [-0.25, -0.2) is 8.78 Å². The lowest BCUT2D eigenvalue weighted by atomic mass is 10.2. The quantitative estimate of drug-likeness (QED) is 0.841. The van der Waals surface area contributed by atoms with Crippen LogP contribution < -0.4 is 5.32 Å². The van der Waals surface area contributed by atoms with E-state index in [1.54, 1.807) is 0 Å². The summed E-state index contributed by atoms with van der Waals surface area (Å²) in [7, 11) is 0. The van der Waals surface area contributed by atoms with Gasteiger partial charge in [0, 0.05) is 38.8 Å². The van der Waals surface area contributed by atoms with Crippen molar-refractivity contribution in [3.8, 4) is 0 Å². The molecular weight excluding hydrogens is 376 g/mol. The van der Waals surface area contributed by atoms with Crippen LogP contribution in [0.4, 0.5) is 14.5 Å². The first-order valence-corrected chi connectivity index (χ1v) is 9.82. The van der Waals surface area contributed by atoms with E-state index in [1.807, 2.05) is 23.1 Å². The van der Waals surface area contributed by atoms with Crippen molar-refractivity contribution >= 4 is 17.5 Å². The normalized spacial score (nSPS) is 21.7. The third kappa shape index (κ3) is 4.62. The molecule has 1 N–H and O–H groups in total. The summed E-state index contributed by atoms with van der Waals surface area (Å²) in [5.41, 5.74) is 1.18. The molecule has 1 saturated carbocycles. The van der Waals surface area contributed by atoms with Crippen molar-refractivity contribution in [2.75, 3.05) is 31.5 Å². The molecule has 0 radical (unpaired) electrons. The molecule has 2 aromatic rings. The average molecular weight is 399 g/mol. The fraction of sp³-hybridized carbons (Fsp3) is 0.364. The molecule has 7 heteroatoms. The van der Waals surface area contributed by atoms with Crippen molar-refractivity contribution in [2.24, 2.45) is 11.8 Å². The maximum atomic E-state index is 13.7.